The zero-order valence-electron chi connectivity index (χ0n) is 20.0. The molecule has 2 heterocycles. The van der Waals surface area contributed by atoms with Crippen LogP contribution in [0.15, 0.2) is 41.8 Å². The Labute approximate surface area is 206 Å². The number of thiophene rings is 1. The maximum Gasteiger partial charge on any atom is 0.242 e. The summed E-state index contributed by atoms with van der Waals surface area (Å²) in [4.78, 5) is 34.2. The first-order chi connectivity index (χ1) is 16.6. The van der Waals surface area contributed by atoms with Gasteiger partial charge < -0.3 is 14.7 Å². The molecule has 5 nitrogen and oxygen atoms in total. The van der Waals surface area contributed by atoms with E-state index in [-0.39, 0.29) is 30.1 Å². The van der Waals surface area contributed by atoms with Crippen molar-refractivity contribution in [1.82, 2.24) is 14.7 Å². The Balaban J connectivity index is 1.47. The molecule has 2 aromatic rings. The van der Waals surface area contributed by atoms with E-state index >= 15 is 0 Å². The zero-order valence-corrected chi connectivity index (χ0v) is 20.8. The van der Waals surface area contributed by atoms with Gasteiger partial charge in [0.15, 0.2) is 0 Å². The van der Waals surface area contributed by atoms with Crippen LogP contribution in [0.2, 0.25) is 0 Å². The number of amides is 2. The maximum atomic E-state index is 13.6. The molecule has 184 valence electrons. The van der Waals surface area contributed by atoms with E-state index in [1.807, 2.05) is 22.4 Å². The largest absolute Gasteiger partial charge is 0.332 e. The molecule has 1 aromatic carbocycles. The van der Waals surface area contributed by atoms with E-state index in [1.54, 1.807) is 28.4 Å². The molecule has 2 aliphatic rings. The van der Waals surface area contributed by atoms with Crippen molar-refractivity contribution in [3.63, 3.8) is 0 Å². The molecule has 2 fully saturated rings. The van der Waals surface area contributed by atoms with Crippen LogP contribution < -0.4 is 0 Å². The Morgan fingerprint density at radius 3 is 2.35 bits per heavy atom. The van der Waals surface area contributed by atoms with Gasteiger partial charge in [-0.15, -0.1) is 11.3 Å². The van der Waals surface area contributed by atoms with E-state index in [4.69, 9.17) is 0 Å². The highest BCUT2D eigenvalue weighted by atomic mass is 32.1. The standard InChI is InChI=1S/C27H36FN3O2S/c28-24-12-10-22(11-13-24)19-31(20-25-9-6-18-34-25)26(32)21-30(17-16-29-14-4-5-15-29)27(33)23-7-2-1-3-8-23/h6,9-13,18,23H,1-5,7-8,14-17,19-21H2. The third kappa shape index (κ3) is 7.12. The highest BCUT2D eigenvalue weighted by Gasteiger charge is 2.29. The van der Waals surface area contributed by atoms with Crippen molar-refractivity contribution >= 4 is 23.2 Å². The van der Waals surface area contributed by atoms with Crippen LogP contribution in [-0.2, 0) is 22.7 Å². The van der Waals surface area contributed by atoms with Crippen LogP contribution in [0.5, 0.6) is 0 Å². The molecule has 1 aromatic heterocycles. The van der Waals surface area contributed by atoms with Crippen LogP contribution in [0.1, 0.15) is 55.4 Å². The van der Waals surface area contributed by atoms with Gasteiger partial charge in [-0.3, -0.25) is 9.59 Å². The van der Waals surface area contributed by atoms with Gasteiger partial charge in [-0.1, -0.05) is 37.5 Å². The summed E-state index contributed by atoms with van der Waals surface area (Å²) in [5.41, 5.74) is 0.883. The Hall–Kier alpha value is -2.25. The van der Waals surface area contributed by atoms with Crippen LogP contribution in [0.25, 0.3) is 0 Å². The lowest BCUT2D eigenvalue weighted by atomic mass is 9.88. The lowest BCUT2D eigenvalue weighted by Crippen LogP contribution is -2.47. The van der Waals surface area contributed by atoms with Crippen LogP contribution in [0.3, 0.4) is 0 Å². The molecule has 0 radical (unpaired) electrons. The molecular weight excluding hydrogens is 449 g/mol. The third-order valence-corrected chi connectivity index (χ3v) is 7.90. The third-order valence-electron chi connectivity index (χ3n) is 7.04. The smallest absolute Gasteiger partial charge is 0.242 e. The summed E-state index contributed by atoms with van der Waals surface area (Å²) >= 11 is 1.62. The predicted molar refractivity (Wildman–Crippen MR) is 134 cm³/mol. The van der Waals surface area contributed by atoms with Crippen LogP contribution >= 0.6 is 11.3 Å². The maximum absolute atomic E-state index is 13.6. The van der Waals surface area contributed by atoms with Gasteiger partial charge in [0.25, 0.3) is 0 Å². The average molecular weight is 486 g/mol. The van der Waals surface area contributed by atoms with Crippen molar-refractivity contribution < 1.29 is 14.0 Å². The number of likely N-dealkylation sites (tertiary alicyclic amines) is 1. The zero-order chi connectivity index (χ0) is 23.8. The van der Waals surface area contributed by atoms with Crippen molar-refractivity contribution in [2.75, 3.05) is 32.7 Å². The minimum absolute atomic E-state index is 0.0444. The number of halogens is 1. The number of carbonyl (C=O) groups excluding carboxylic acids is 2. The van der Waals surface area contributed by atoms with Crippen LogP contribution in [0, 0.1) is 11.7 Å². The minimum atomic E-state index is -0.286. The van der Waals surface area contributed by atoms with E-state index < -0.39 is 0 Å². The van der Waals surface area contributed by atoms with Gasteiger partial charge in [-0.05, 0) is 67.9 Å². The molecule has 34 heavy (non-hydrogen) atoms. The van der Waals surface area contributed by atoms with Crippen molar-refractivity contribution in [3.8, 4) is 0 Å². The second kappa shape index (κ2) is 12.5. The molecule has 7 heteroatoms. The molecule has 1 aliphatic heterocycles. The quantitative estimate of drug-likeness (QED) is 0.480. The minimum Gasteiger partial charge on any atom is -0.332 e. The van der Waals surface area contributed by atoms with Gasteiger partial charge in [0, 0.05) is 30.4 Å². The van der Waals surface area contributed by atoms with Gasteiger partial charge in [-0.25, -0.2) is 4.39 Å². The van der Waals surface area contributed by atoms with Crippen molar-refractivity contribution in [3.05, 3.63) is 58.0 Å². The first-order valence-corrected chi connectivity index (χ1v) is 13.5. The fourth-order valence-corrected chi connectivity index (χ4v) is 5.76. The molecule has 0 spiro atoms. The predicted octanol–water partition coefficient (Wildman–Crippen LogP) is 4.92. The molecule has 1 saturated heterocycles. The molecule has 0 N–H and O–H groups in total. The molecule has 0 atom stereocenters. The number of hydrogen-bond acceptors (Lipinski definition) is 4. The van der Waals surface area contributed by atoms with Crippen LogP contribution in [-0.4, -0.2) is 59.2 Å². The molecule has 1 aliphatic carbocycles. The molecule has 1 saturated carbocycles. The summed E-state index contributed by atoms with van der Waals surface area (Å²) in [5.74, 6) is -0.151. The van der Waals surface area contributed by atoms with Gasteiger partial charge in [0.1, 0.15) is 5.82 Å². The summed E-state index contributed by atoms with van der Waals surface area (Å²) in [5, 5.41) is 2.00. The second-order valence-corrected chi connectivity index (χ2v) is 10.6. The summed E-state index contributed by atoms with van der Waals surface area (Å²) in [6, 6.07) is 10.3. The lowest BCUT2D eigenvalue weighted by molar-refractivity contribution is -0.144. The molecule has 0 bridgehead atoms. The van der Waals surface area contributed by atoms with E-state index in [0.717, 1.165) is 55.8 Å². The number of rotatable bonds is 10. The molecular formula is C27H36FN3O2S. The van der Waals surface area contributed by atoms with E-state index in [1.165, 1.54) is 31.4 Å². The first-order valence-electron chi connectivity index (χ1n) is 12.6. The van der Waals surface area contributed by atoms with E-state index in [2.05, 4.69) is 4.90 Å². The summed E-state index contributed by atoms with van der Waals surface area (Å²) in [7, 11) is 0. The van der Waals surface area contributed by atoms with Crippen LogP contribution in [0.4, 0.5) is 4.39 Å². The fraction of sp³-hybridized carbons (Fsp3) is 0.556. The fourth-order valence-electron chi connectivity index (χ4n) is 5.04. The monoisotopic (exact) mass is 485 g/mol. The number of benzene rings is 1. The molecule has 0 unspecified atom stereocenters. The highest BCUT2D eigenvalue weighted by molar-refractivity contribution is 7.09. The Morgan fingerprint density at radius 1 is 0.941 bits per heavy atom. The Kier molecular flexibility index (Phi) is 9.11. The average Bonchev–Trinajstić information content (AvgIpc) is 3.57. The molecule has 2 amide bonds. The summed E-state index contributed by atoms with van der Waals surface area (Å²) in [6.07, 6.45) is 7.68. The van der Waals surface area contributed by atoms with Gasteiger partial charge in [0.05, 0.1) is 13.1 Å². The van der Waals surface area contributed by atoms with Crippen molar-refractivity contribution in [2.24, 2.45) is 5.92 Å². The first kappa shape index (κ1) is 24.9. The van der Waals surface area contributed by atoms with Gasteiger partial charge in [0.2, 0.25) is 11.8 Å². The van der Waals surface area contributed by atoms with Gasteiger partial charge in [-0.2, -0.15) is 0 Å². The topological polar surface area (TPSA) is 43.9 Å². The van der Waals surface area contributed by atoms with E-state index in [9.17, 15) is 14.0 Å². The number of carbonyl (C=O) groups is 2. The lowest BCUT2D eigenvalue weighted by Gasteiger charge is -2.32. The highest BCUT2D eigenvalue weighted by Crippen LogP contribution is 2.26. The number of hydrogen-bond donors (Lipinski definition) is 0. The normalized spacial score (nSPS) is 17.1. The van der Waals surface area contributed by atoms with E-state index in [0.29, 0.717) is 19.6 Å². The Morgan fingerprint density at radius 2 is 1.68 bits per heavy atom. The number of nitrogens with zero attached hydrogens (tertiary/aromatic N) is 3. The van der Waals surface area contributed by atoms with Gasteiger partial charge >= 0.3 is 0 Å². The van der Waals surface area contributed by atoms with Crippen molar-refractivity contribution in [2.45, 2.75) is 58.0 Å². The molecule has 4 rings (SSSR count). The second-order valence-electron chi connectivity index (χ2n) is 9.60. The Bertz CT molecular complexity index is 906. The van der Waals surface area contributed by atoms with Crippen molar-refractivity contribution in [1.29, 1.82) is 0 Å². The SMILES string of the molecule is O=C(CN(CCN1CCCC1)C(=O)C1CCCCC1)N(Cc1ccc(F)cc1)Cc1cccs1. The summed E-state index contributed by atoms with van der Waals surface area (Å²) in [6.45, 7) is 4.58. The summed E-state index contributed by atoms with van der Waals surface area (Å²) < 4.78 is 13.4.